The van der Waals surface area contributed by atoms with E-state index < -0.39 is 36.0 Å². The van der Waals surface area contributed by atoms with Crippen LogP contribution >= 0.6 is 0 Å². The fourth-order valence-corrected chi connectivity index (χ4v) is 4.44. The minimum absolute atomic E-state index is 0. The van der Waals surface area contributed by atoms with Crippen molar-refractivity contribution in [2.75, 3.05) is 4.90 Å². The van der Waals surface area contributed by atoms with Gasteiger partial charge in [0.1, 0.15) is 0 Å². The van der Waals surface area contributed by atoms with E-state index in [4.69, 9.17) is 0 Å². The maximum atomic E-state index is 13.9. The summed E-state index contributed by atoms with van der Waals surface area (Å²) in [5.74, 6) is -3.22. The van der Waals surface area contributed by atoms with Crippen LogP contribution in [0.1, 0.15) is 39.2 Å². The van der Waals surface area contributed by atoms with Gasteiger partial charge in [-0.2, -0.15) is 0 Å². The molecule has 0 saturated carbocycles. The second kappa shape index (κ2) is 17.8. The number of carboxylic acid groups (broad SMARTS) is 2. The van der Waals surface area contributed by atoms with Crippen LogP contribution in [0.5, 0.6) is 0 Å². The summed E-state index contributed by atoms with van der Waals surface area (Å²) in [4.78, 5) is 39.0. The second-order valence-corrected chi connectivity index (χ2v) is 9.86. The monoisotopic (exact) mass is 560 g/mol. The van der Waals surface area contributed by atoms with Crippen LogP contribution in [0.25, 0.3) is 11.1 Å². The van der Waals surface area contributed by atoms with Crippen molar-refractivity contribution in [3.8, 4) is 11.1 Å². The van der Waals surface area contributed by atoms with Crippen LogP contribution in [0.4, 0.5) is 5.69 Å². The Balaban J connectivity index is 0.00000400. The Morgan fingerprint density at radius 3 is 1.75 bits per heavy atom. The molecule has 0 aliphatic rings. The Kier molecular flexibility index (Phi) is 16.0. The van der Waals surface area contributed by atoms with Crippen LogP contribution in [-0.4, -0.2) is 36.0 Å². The minimum atomic E-state index is -1.41. The van der Waals surface area contributed by atoms with Gasteiger partial charge in [0.25, 0.3) is 0 Å². The molecular formula is C31H34N2Na2O5. The van der Waals surface area contributed by atoms with Crippen molar-refractivity contribution in [2.24, 2.45) is 5.92 Å². The Hall–Kier alpha value is -1.97. The number of anilines is 1. The molecule has 0 aliphatic carbocycles. The molecule has 3 aromatic rings. The van der Waals surface area contributed by atoms with E-state index in [1.165, 1.54) is 11.8 Å². The predicted molar refractivity (Wildman–Crippen MR) is 144 cm³/mol. The van der Waals surface area contributed by atoms with E-state index in [0.717, 1.165) is 16.7 Å². The fraction of sp³-hybridized carbons (Fsp3) is 0.323. The van der Waals surface area contributed by atoms with Crippen LogP contribution in [0.15, 0.2) is 84.9 Å². The molecule has 0 saturated heterocycles. The van der Waals surface area contributed by atoms with Gasteiger partial charge in [-0.1, -0.05) is 86.6 Å². The summed E-state index contributed by atoms with van der Waals surface area (Å²) < 4.78 is 0. The number of carbonyl (C=O) groups excluding carboxylic acids is 3. The summed E-state index contributed by atoms with van der Waals surface area (Å²) in [5.41, 5.74) is 3.26. The van der Waals surface area contributed by atoms with Crippen LogP contribution in [-0.2, 0) is 20.8 Å². The van der Waals surface area contributed by atoms with Gasteiger partial charge in [0.15, 0.2) is 0 Å². The number of nitrogens with zero attached hydrogens (tertiary/aromatic N) is 1. The number of carboxylic acids is 2. The van der Waals surface area contributed by atoms with Crippen LogP contribution in [0.2, 0.25) is 0 Å². The molecule has 0 spiro atoms. The molecule has 0 heterocycles. The minimum Gasteiger partial charge on any atom is -0.548 e. The van der Waals surface area contributed by atoms with Crippen LogP contribution in [0.3, 0.4) is 0 Å². The van der Waals surface area contributed by atoms with Gasteiger partial charge in [0, 0.05) is 11.7 Å². The number of rotatable bonds is 13. The van der Waals surface area contributed by atoms with Gasteiger partial charge in [0.05, 0.1) is 24.0 Å². The van der Waals surface area contributed by atoms with E-state index >= 15 is 0 Å². The van der Waals surface area contributed by atoms with E-state index in [1.807, 2.05) is 86.6 Å². The summed E-state index contributed by atoms with van der Waals surface area (Å²) >= 11 is 0. The third-order valence-electron chi connectivity index (χ3n) is 6.48. The first-order valence-electron chi connectivity index (χ1n) is 12.9. The van der Waals surface area contributed by atoms with Gasteiger partial charge >= 0.3 is 59.1 Å². The number of hydrogen-bond acceptors (Lipinski definition) is 6. The van der Waals surface area contributed by atoms with Crippen molar-refractivity contribution in [3.05, 3.63) is 90.5 Å². The topological polar surface area (TPSA) is 113 Å². The predicted octanol–water partition coefficient (Wildman–Crippen LogP) is -3.41. The van der Waals surface area contributed by atoms with Gasteiger partial charge < -0.3 is 24.7 Å². The standard InChI is InChI=1S/C31H36N2O5.2Na/c1-21(2)20-28(32-27(31(37)38)19-14-23-10-6-4-7-11-23)29(34)33(22(3)30(35)36)26-17-15-25(16-18-26)24-12-8-5-9-13-24;;/h4-13,15-18,21-22,27-28,32H,14,19-20H2,1-3H3,(H,35,36)(H,37,38);;/q;2*+1/p-2/t22-,27-,28-;;/m0../s1. The van der Waals surface area contributed by atoms with Gasteiger partial charge in [-0.3, -0.25) is 10.1 Å². The Morgan fingerprint density at radius 2 is 1.25 bits per heavy atom. The quantitative estimate of drug-likeness (QED) is 0.218. The normalized spacial score (nSPS) is 12.8. The van der Waals surface area contributed by atoms with Crippen molar-refractivity contribution in [1.29, 1.82) is 0 Å². The molecule has 0 unspecified atom stereocenters. The van der Waals surface area contributed by atoms with Crippen molar-refractivity contribution in [2.45, 2.75) is 58.2 Å². The second-order valence-electron chi connectivity index (χ2n) is 9.86. The van der Waals surface area contributed by atoms with Gasteiger partial charge in [-0.05, 0) is 60.9 Å². The number of aryl methyl sites for hydroxylation is 1. The van der Waals surface area contributed by atoms with Crippen LogP contribution < -0.4 is 79.5 Å². The Bertz CT molecular complexity index is 1210. The Morgan fingerprint density at radius 1 is 0.725 bits per heavy atom. The summed E-state index contributed by atoms with van der Waals surface area (Å²) in [5, 5.41) is 26.9. The SMILES string of the molecule is CC(C)C[C@H](N[C@@H](CCc1ccccc1)C(=O)[O-])C(=O)N(c1ccc(-c2ccccc2)cc1)[C@@H](C)C(=O)[O-].[Na+].[Na+]. The van der Waals surface area contributed by atoms with E-state index in [2.05, 4.69) is 5.32 Å². The molecular weight excluding hydrogens is 526 g/mol. The van der Waals surface area contributed by atoms with E-state index in [9.17, 15) is 24.6 Å². The first-order valence-corrected chi connectivity index (χ1v) is 12.9. The van der Waals surface area contributed by atoms with Gasteiger partial charge in [-0.25, -0.2) is 0 Å². The number of carbonyl (C=O) groups is 3. The molecule has 40 heavy (non-hydrogen) atoms. The molecule has 0 fully saturated rings. The number of benzene rings is 3. The third-order valence-corrected chi connectivity index (χ3v) is 6.48. The number of hydrogen-bond donors (Lipinski definition) is 1. The zero-order valence-corrected chi connectivity index (χ0v) is 28.0. The third kappa shape index (κ3) is 10.5. The van der Waals surface area contributed by atoms with E-state index in [-0.39, 0.29) is 71.5 Å². The average molecular weight is 561 g/mol. The van der Waals surface area contributed by atoms with Crippen molar-refractivity contribution >= 4 is 23.5 Å². The number of nitrogens with one attached hydrogen (secondary N) is 1. The molecule has 1 amide bonds. The fourth-order valence-electron chi connectivity index (χ4n) is 4.44. The summed E-state index contributed by atoms with van der Waals surface area (Å²) in [6.07, 6.45) is 1.01. The molecule has 0 aromatic heterocycles. The summed E-state index contributed by atoms with van der Waals surface area (Å²) in [6.45, 7) is 5.22. The maximum Gasteiger partial charge on any atom is 1.00 e. The first-order chi connectivity index (χ1) is 18.2. The summed E-state index contributed by atoms with van der Waals surface area (Å²) in [7, 11) is 0. The smallest absolute Gasteiger partial charge is 0.548 e. The van der Waals surface area contributed by atoms with Gasteiger partial charge in [0.2, 0.25) is 5.91 Å². The largest absolute Gasteiger partial charge is 1.00 e. The number of aliphatic carboxylic acids is 2. The number of amides is 1. The zero-order chi connectivity index (χ0) is 27.7. The Labute approximate surface area is 280 Å². The van der Waals surface area contributed by atoms with E-state index in [1.54, 1.807) is 12.1 Å². The van der Waals surface area contributed by atoms with Crippen molar-refractivity contribution < 1.29 is 83.7 Å². The molecule has 3 aromatic carbocycles. The molecule has 3 atom stereocenters. The van der Waals surface area contributed by atoms with Crippen molar-refractivity contribution in [1.82, 2.24) is 5.32 Å². The molecule has 7 nitrogen and oxygen atoms in total. The van der Waals surface area contributed by atoms with E-state index in [0.29, 0.717) is 18.5 Å². The zero-order valence-electron chi connectivity index (χ0n) is 24.0. The van der Waals surface area contributed by atoms with Crippen molar-refractivity contribution in [3.63, 3.8) is 0 Å². The first kappa shape index (κ1) is 36.1. The average Bonchev–Trinajstić information content (AvgIpc) is 2.91. The molecule has 9 heteroatoms. The molecule has 1 N–H and O–H groups in total. The molecule has 3 rings (SSSR count). The molecule has 0 bridgehead atoms. The maximum absolute atomic E-state index is 13.9. The van der Waals surface area contributed by atoms with Crippen LogP contribution in [0, 0.1) is 5.92 Å². The molecule has 0 radical (unpaired) electrons. The van der Waals surface area contributed by atoms with Gasteiger partial charge in [-0.15, -0.1) is 0 Å². The summed E-state index contributed by atoms with van der Waals surface area (Å²) in [6, 6.07) is 22.9. The molecule has 0 aliphatic heterocycles. The molecule has 200 valence electrons.